The number of halogens is 2. The average Bonchev–Trinajstić information content (AvgIpc) is 2.42. The lowest BCUT2D eigenvalue weighted by molar-refractivity contribution is -0.117. The summed E-state index contributed by atoms with van der Waals surface area (Å²) in [7, 11) is 0. The normalized spacial score (nSPS) is 17.2. The number of piperidine rings is 1. The maximum absolute atomic E-state index is 12.0. The maximum atomic E-state index is 12.0. The van der Waals surface area contributed by atoms with Crippen LogP contribution in [0.4, 0.5) is 5.69 Å². The van der Waals surface area contributed by atoms with Crippen molar-refractivity contribution in [2.75, 3.05) is 25.0 Å². The number of aliphatic hydroxyl groups excluding tert-OH is 1. The van der Waals surface area contributed by atoms with Gasteiger partial charge in [0, 0.05) is 13.1 Å². The molecule has 1 aliphatic rings. The summed E-state index contributed by atoms with van der Waals surface area (Å²) in [4.78, 5) is 14.1. The van der Waals surface area contributed by atoms with E-state index >= 15 is 0 Å². The standard InChI is InChI=1S/C14H18Cl2N2O2/c1-9-2-3-11(15)14(13(9)16)17-12(20)8-18-6-4-10(19)5-7-18/h2-3,10,19H,4-8H2,1H3,(H,17,20). The molecule has 0 aliphatic carbocycles. The van der Waals surface area contributed by atoms with Crippen molar-refractivity contribution in [2.24, 2.45) is 0 Å². The van der Waals surface area contributed by atoms with Gasteiger partial charge in [0.05, 0.1) is 28.4 Å². The fourth-order valence-electron chi connectivity index (χ4n) is 2.23. The Morgan fingerprint density at radius 2 is 2.05 bits per heavy atom. The van der Waals surface area contributed by atoms with Gasteiger partial charge in [0.2, 0.25) is 5.91 Å². The van der Waals surface area contributed by atoms with Crippen LogP contribution in [0.1, 0.15) is 18.4 Å². The summed E-state index contributed by atoms with van der Waals surface area (Å²) in [6, 6.07) is 3.53. The third-order valence-electron chi connectivity index (χ3n) is 3.47. The van der Waals surface area contributed by atoms with Crippen molar-refractivity contribution in [3.63, 3.8) is 0 Å². The highest BCUT2D eigenvalue weighted by molar-refractivity contribution is 6.40. The van der Waals surface area contributed by atoms with Crippen LogP contribution in [-0.4, -0.2) is 41.7 Å². The monoisotopic (exact) mass is 316 g/mol. The summed E-state index contributed by atoms with van der Waals surface area (Å²) in [6.07, 6.45) is 1.17. The van der Waals surface area contributed by atoms with Crippen LogP contribution in [0.5, 0.6) is 0 Å². The lowest BCUT2D eigenvalue weighted by atomic mass is 10.1. The largest absolute Gasteiger partial charge is 0.393 e. The van der Waals surface area contributed by atoms with Gasteiger partial charge in [0.25, 0.3) is 0 Å². The van der Waals surface area contributed by atoms with Crippen molar-refractivity contribution < 1.29 is 9.90 Å². The molecule has 0 aromatic heterocycles. The molecule has 20 heavy (non-hydrogen) atoms. The maximum Gasteiger partial charge on any atom is 0.238 e. The van der Waals surface area contributed by atoms with Gasteiger partial charge in [-0.25, -0.2) is 0 Å². The quantitative estimate of drug-likeness (QED) is 0.901. The van der Waals surface area contributed by atoms with Crippen LogP contribution in [-0.2, 0) is 4.79 Å². The molecule has 0 radical (unpaired) electrons. The Bertz CT molecular complexity index is 500. The smallest absolute Gasteiger partial charge is 0.238 e. The van der Waals surface area contributed by atoms with Gasteiger partial charge in [0.15, 0.2) is 0 Å². The number of carbonyl (C=O) groups excluding carboxylic acids is 1. The van der Waals surface area contributed by atoms with Gasteiger partial charge in [0.1, 0.15) is 0 Å². The van der Waals surface area contributed by atoms with Crippen LogP contribution in [0.15, 0.2) is 12.1 Å². The zero-order valence-electron chi connectivity index (χ0n) is 11.3. The zero-order chi connectivity index (χ0) is 14.7. The first-order valence-electron chi connectivity index (χ1n) is 6.62. The Labute approximate surface area is 128 Å². The van der Waals surface area contributed by atoms with E-state index in [1.165, 1.54) is 0 Å². The molecule has 6 heteroatoms. The molecule has 1 aromatic carbocycles. The van der Waals surface area contributed by atoms with Crippen LogP contribution < -0.4 is 5.32 Å². The number of rotatable bonds is 3. The number of hydrogen-bond acceptors (Lipinski definition) is 3. The van der Waals surface area contributed by atoms with E-state index in [9.17, 15) is 9.90 Å². The van der Waals surface area contributed by atoms with Crippen molar-refractivity contribution in [1.29, 1.82) is 0 Å². The number of likely N-dealkylation sites (tertiary alicyclic amines) is 1. The van der Waals surface area contributed by atoms with Crippen molar-refractivity contribution in [2.45, 2.75) is 25.9 Å². The second kappa shape index (κ2) is 6.76. The minimum absolute atomic E-state index is 0.143. The molecule has 1 amide bonds. The number of aryl methyl sites for hydroxylation is 1. The van der Waals surface area contributed by atoms with E-state index in [-0.39, 0.29) is 18.6 Å². The van der Waals surface area contributed by atoms with E-state index in [1.54, 1.807) is 6.07 Å². The van der Waals surface area contributed by atoms with Gasteiger partial charge in [-0.3, -0.25) is 9.69 Å². The molecule has 4 nitrogen and oxygen atoms in total. The molecule has 2 rings (SSSR count). The molecule has 110 valence electrons. The van der Waals surface area contributed by atoms with E-state index < -0.39 is 0 Å². The van der Waals surface area contributed by atoms with Gasteiger partial charge in [-0.15, -0.1) is 0 Å². The Morgan fingerprint density at radius 3 is 2.70 bits per heavy atom. The second-order valence-electron chi connectivity index (χ2n) is 5.11. The molecule has 1 aliphatic heterocycles. The summed E-state index contributed by atoms with van der Waals surface area (Å²) in [5.74, 6) is -0.143. The number of carbonyl (C=O) groups is 1. The van der Waals surface area contributed by atoms with E-state index in [2.05, 4.69) is 5.32 Å². The van der Waals surface area contributed by atoms with E-state index in [0.29, 0.717) is 28.6 Å². The minimum atomic E-state index is -0.241. The van der Waals surface area contributed by atoms with E-state index in [1.807, 2.05) is 17.9 Å². The van der Waals surface area contributed by atoms with Crippen molar-refractivity contribution >= 4 is 34.8 Å². The van der Waals surface area contributed by atoms with Crippen molar-refractivity contribution in [1.82, 2.24) is 4.90 Å². The number of nitrogens with one attached hydrogen (secondary N) is 1. The summed E-state index contributed by atoms with van der Waals surface area (Å²) in [5.41, 5.74) is 1.34. The summed E-state index contributed by atoms with van der Waals surface area (Å²) in [5, 5.41) is 13.1. The van der Waals surface area contributed by atoms with Crippen LogP contribution in [0, 0.1) is 6.92 Å². The molecule has 1 heterocycles. The van der Waals surface area contributed by atoms with Crippen molar-refractivity contribution in [3.05, 3.63) is 27.7 Å². The fourth-order valence-corrected chi connectivity index (χ4v) is 2.70. The average molecular weight is 317 g/mol. The Balaban J connectivity index is 1.97. The molecule has 1 aromatic rings. The second-order valence-corrected chi connectivity index (χ2v) is 5.89. The number of nitrogens with zero attached hydrogens (tertiary/aromatic N) is 1. The van der Waals surface area contributed by atoms with Gasteiger partial charge in [-0.2, -0.15) is 0 Å². The fraction of sp³-hybridized carbons (Fsp3) is 0.500. The molecule has 1 saturated heterocycles. The van der Waals surface area contributed by atoms with E-state index in [0.717, 1.165) is 18.7 Å². The number of amides is 1. The van der Waals surface area contributed by atoms with Gasteiger partial charge in [-0.1, -0.05) is 29.3 Å². The number of hydrogen-bond donors (Lipinski definition) is 2. The van der Waals surface area contributed by atoms with Crippen LogP contribution in [0.25, 0.3) is 0 Å². The summed E-state index contributed by atoms with van der Waals surface area (Å²) >= 11 is 12.2. The molecule has 0 atom stereocenters. The first-order valence-corrected chi connectivity index (χ1v) is 7.38. The first-order chi connectivity index (χ1) is 9.47. The minimum Gasteiger partial charge on any atom is -0.393 e. The highest BCUT2D eigenvalue weighted by Gasteiger charge is 2.20. The lowest BCUT2D eigenvalue weighted by Crippen LogP contribution is -2.40. The third-order valence-corrected chi connectivity index (χ3v) is 4.27. The molecule has 0 spiro atoms. The van der Waals surface area contributed by atoms with Gasteiger partial charge >= 0.3 is 0 Å². The molecular formula is C14H18Cl2N2O2. The van der Waals surface area contributed by atoms with Gasteiger partial charge in [-0.05, 0) is 31.4 Å². The molecule has 0 bridgehead atoms. The Morgan fingerprint density at radius 1 is 1.40 bits per heavy atom. The zero-order valence-corrected chi connectivity index (χ0v) is 12.8. The Kier molecular flexibility index (Phi) is 5.27. The van der Waals surface area contributed by atoms with Crippen LogP contribution in [0.3, 0.4) is 0 Å². The predicted molar refractivity (Wildman–Crippen MR) is 81.5 cm³/mol. The SMILES string of the molecule is Cc1ccc(Cl)c(NC(=O)CN2CCC(O)CC2)c1Cl. The van der Waals surface area contributed by atoms with E-state index in [4.69, 9.17) is 23.2 Å². The summed E-state index contributed by atoms with van der Waals surface area (Å²) in [6.45, 7) is 3.60. The number of benzene rings is 1. The summed E-state index contributed by atoms with van der Waals surface area (Å²) < 4.78 is 0. The third kappa shape index (κ3) is 3.85. The van der Waals surface area contributed by atoms with Crippen LogP contribution in [0.2, 0.25) is 10.0 Å². The molecule has 0 unspecified atom stereocenters. The molecule has 0 saturated carbocycles. The topological polar surface area (TPSA) is 52.6 Å². The molecule has 1 fully saturated rings. The Hall–Kier alpha value is -0.810. The van der Waals surface area contributed by atoms with Crippen molar-refractivity contribution in [3.8, 4) is 0 Å². The first kappa shape index (κ1) is 15.6. The number of anilines is 1. The highest BCUT2D eigenvalue weighted by atomic mass is 35.5. The highest BCUT2D eigenvalue weighted by Crippen LogP contribution is 2.32. The molecule has 2 N–H and O–H groups in total. The predicted octanol–water partition coefficient (Wildman–Crippen LogP) is 2.70. The number of aliphatic hydroxyl groups is 1. The molecular weight excluding hydrogens is 299 g/mol. The van der Waals surface area contributed by atoms with Gasteiger partial charge < -0.3 is 10.4 Å². The lowest BCUT2D eigenvalue weighted by Gasteiger charge is -2.28. The van der Waals surface area contributed by atoms with Crippen LogP contribution >= 0.6 is 23.2 Å².